The van der Waals surface area contributed by atoms with Gasteiger partial charge in [0.2, 0.25) is 0 Å². The fourth-order valence-electron chi connectivity index (χ4n) is 12.8. The summed E-state index contributed by atoms with van der Waals surface area (Å²) in [5, 5.41) is 24.2. The summed E-state index contributed by atoms with van der Waals surface area (Å²) in [5.74, 6) is 7.82. The lowest BCUT2D eigenvalue weighted by atomic mass is 9.54. The van der Waals surface area contributed by atoms with Crippen molar-refractivity contribution in [3.8, 4) is 0 Å². The first-order valence-electron chi connectivity index (χ1n) is 20.0. The molecular weight excluding hydrogens is 512 g/mol. The van der Waals surface area contributed by atoms with E-state index in [2.05, 4.69) is 6.92 Å². The van der Waals surface area contributed by atoms with Crippen molar-refractivity contribution in [2.75, 3.05) is 0 Å². The fourth-order valence-corrected chi connectivity index (χ4v) is 12.8. The van der Waals surface area contributed by atoms with E-state index in [-0.39, 0.29) is 12.2 Å². The first-order chi connectivity index (χ1) is 20.6. The van der Waals surface area contributed by atoms with Gasteiger partial charge in [-0.2, -0.15) is 0 Å². The average molecular weight is 583 g/mol. The van der Waals surface area contributed by atoms with E-state index in [9.17, 15) is 10.2 Å². The molecular formula is C40H70O2. The molecule has 0 bridgehead atoms. The molecule has 4 atom stereocenters. The standard InChI is InChI=1S/C40H70O2/c1-2-15-34(32-24-35(28-16-7-3-8-17-28)39(41)36(25-32)29-18-9-4-10-19-29)33-26-37(30-20-11-5-12-21-30)40(42)38(27-33)31-22-13-6-14-23-31/h28-42H,2-27H2,1H3. The molecule has 0 amide bonds. The van der Waals surface area contributed by atoms with Gasteiger partial charge in [0.1, 0.15) is 0 Å². The van der Waals surface area contributed by atoms with E-state index >= 15 is 0 Å². The Balaban J connectivity index is 1.27. The second-order valence-electron chi connectivity index (χ2n) is 17.1. The Bertz CT molecular complexity index is 653. The summed E-state index contributed by atoms with van der Waals surface area (Å²) in [6, 6.07) is 0. The summed E-state index contributed by atoms with van der Waals surface area (Å²) in [5.41, 5.74) is 0. The van der Waals surface area contributed by atoms with Gasteiger partial charge in [-0.15, -0.1) is 0 Å². The third-order valence-electron chi connectivity index (χ3n) is 14.9. The van der Waals surface area contributed by atoms with Gasteiger partial charge >= 0.3 is 0 Å². The largest absolute Gasteiger partial charge is 0.393 e. The Morgan fingerprint density at radius 1 is 0.429 bits per heavy atom. The lowest BCUT2D eigenvalue weighted by Gasteiger charge is -2.53. The topological polar surface area (TPSA) is 40.5 Å². The highest BCUT2D eigenvalue weighted by Gasteiger charge is 2.50. The zero-order chi connectivity index (χ0) is 28.9. The monoisotopic (exact) mass is 583 g/mol. The predicted molar refractivity (Wildman–Crippen MR) is 176 cm³/mol. The van der Waals surface area contributed by atoms with Crippen LogP contribution in [0.5, 0.6) is 0 Å². The first-order valence-corrected chi connectivity index (χ1v) is 20.0. The molecule has 6 rings (SSSR count). The molecule has 2 nitrogen and oxygen atoms in total. The highest BCUT2D eigenvalue weighted by Crippen LogP contribution is 2.55. The molecule has 0 aromatic rings. The number of hydrogen-bond donors (Lipinski definition) is 2. The molecule has 0 radical (unpaired) electrons. The van der Waals surface area contributed by atoms with E-state index in [1.54, 1.807) is 0 Å². The number of aliphatic hydroxyl groups excluding tert-OH is 2. The van der Waals surface area contributed by atoms with Gasteiger partial charge in [0.15, 0.2) is 0 Å². The van der Waals surface area contributed by atoms with Crippen LogP contribution in [0.1, 0.15) is 174 Å². The van der Waals surface area contributed by atoms with Gasteiger partial charge in [-0.3, -0.25) is 0 Å². The van der Waals surface area contributed by atoms with Crippen LogP contribution in [0.3, 0.4) is 0 Å². The van der Waals surface area contributed by atoms with Crippen LogP contribution in [0.25, 0.3) is 0 Å². The van der Waals surface area contributed by atoms with Gasteiger partial charge in [-0.1, -0.05) is 148 Å². The van der Waals surface area contributed by atoms with Gasteiger partial charge in [-0.25, -0.2) is 0 Å². The molecule has 2 heteroatoms. The van der Waals surface area contributed by atoms with Crippen molar-refractivity contribution >= 4 is 0 Å². The number of hydrogen-bond acceptors (Lipinski definition) is 2. The fraction of sp³-hybridized carbons (Fsp3) is 1.00. The van der Waals surface area contributed by atoms with Crippen molar-refractivity contribution in [1.29, 1.82) is 0 Å². The molecule has 2 N–H and O–H groups in total. The Morgan fingerprint density at radius 3 is 0.929 bits per heavy atom. The highest BCUT2D eigenvalue weighted by atomic mass is 16.3. The maximum absolute atomic E-state index is 12.1. The molecule has 42 heavy (non-hydrogen) atoms. The van der Waals surface area contributed by atoms with Crippen molar-refractivity contribution < 1.29 is 10.2 Å². The van der Waals surface area contributed by atoms with E-state index in [4.69, 9.17) is 0 Å². The van der Waals surface area contributed by atoms with Crippen LogP contribution in [-0.2, 0) is 0 Å². The Morgan fingerprint density at radius 2 is 0.690 bits per heavy atom. The summed E-state index contributed by atoms with van der Waals surface area (Å²) in [4.78, 5) is 0. The van der Waals surface area contributed by atoms with Crippen LogP contribution in [0, 0.1) is 65.1 Å². The van der Waals surface area contributed by atoms with Gasteiger partial charge in [0, 0.05) is 0 Å². The zero-order valence-electron chi connectivity index (χ0n) is 27.8. The van der Waals surface area contributed by atoms with Crippen LogP contribution in [0.15, 0.2) is 0 Å². The van der Waals surface area contributed by atoms with Crippen LogP contribution in [-0.4, -0.2) is 22.4 Å². The van der Waals surface area contributed by atoms with E-state index in [1.807, 2.05) is 0 Å². The van der Waals surface area contributed by atoms with Crippen molar-refractivity contribution in [3.05, 3.63) is 0 Å². The van der Waals surface area contributed by atoms with Crippen LogP contribution < -0.4 is 0 Å². The summed E-state index contributed by atoms with van der Waals surface area (Å²) in [6.45, 7) is 2.46. The molecule has 242 valence electrons. The summed E-state index contributed by atoms with van der Waals surface area (Å²) < 4.78 is 0. The third kappa shape index (κ3) is 7.32. The molecule has 6 saturated carbocycles. The third-order valence-corrected chi connectivity index (χ3v) is 14.9. The van der Waals surface area contributed by atoms with Crippen LogP contribution in [0.4, 0.5) is 0 Å². The van der Waals surface area contributed by atoms with Gasteiger partial charge < -0.3 is 10.2 Å². The van der Waals surface area contributed by atoms with Gasteiger partial charge in [0.25, 0.3) is 0 Å². The SMILES string of the molecule is CCCC(C1CC(C2CCCCC2)C(O)C(C2CCCCC2)C1)C1CC(C2CCCCC2)C(O)C(C2CCCCC2)C1. The van der Waals surface area contributed by atoms with E-state index in [1.165, 1.54) is 167 Å². The molecule has 0 aliphatic heterocycles. The summed E-state index contributed by atoms with van der Waals surface area (Å²) in [6.07, 6.45) is 35.9. The van der Waals surface area contributed by atoms with Gasteiger partial charge in [-0.05, 0) is 90.8 Å². The quantitative estimate of drug-likeness (QED) is 0.299. The minimum absolute atomic E-state index is 0.0344. The molecule has 6 aliphatic carbocycles. The molecule has 0 aromatic heterocycles. The van der Waals surface area contributed by atoms with Crippen molar-refractivity contribution in [2.24, 2.45) is 65.1 Å². The second kappa shape index (κ2) is 15.5. The predicted octanol–water partition coefficient (Wildman–Crippen LogP) is 10.7. The van der Waals surface area contributed by atoms with Crippen molar-refractivity contribution in [2.45, 2.75) is 186 Å². The van der Waals surface area contributed by atoms with E-state index in [0.717, 1.165) is 41.4 Å². The summed E-state index contributed by atoms with van der Waals surface area (Å²) in [7, 11) is 0. The Kier molecular flexibility index (Phi) is 11.7. The molecule has 6 fully saturated rings. The number of rotatable bonds is 8. The molecule has 6 aliphatic rings. The minimum Gasteiger partial charge on any atom is -0.393 e. The van der Waals surface area contributed by atoms with Crippen LogP contribution in [0.2, 0.25) is 0 Å². The lowest BCUT2D eigenvalue weighted by molar-refractivity contribution is -0.0998. The highest BCUT2D eigenvalue weighted by molar-refractivity contribution is 5.00. The van der Waals surface area contributed by atoms with Crippen LogP contribution >= 0.6 is 0 Å². The lowest BCUT2D eigenvalue weighted by Crippen LogP contribution is -2.49. The molecule has 0 saturated heterocycles. The Labute approximate surface area is 261 Å². The Hall–Kier alpha value is -0.0800. The molecule has 0 heterocycles. The normalized spacial score (nSPS) is 41.5. The second-order valence-corrected chi connectivity index (χ2v) is 17.1. The molecule has 4 unspecified atom stereocenters. The minimum atomic E-state index is -0.0344. The van der Waals surface area contributed by atoms with Crippen molar-refractivity contribution in [1.82, 2.24) is 0 Å². The van der Waals surface area contributed by atoms with Crippen molar-refractivity contribution in [3.63, 3.8) is 0 Å². The zero-order valence-corrected chi connectivity index (χ0v) is 27.8. The van der Waals surface area contributed by atoms with E-state index < -0.39 is 0 Å². The number of aliphatic hydroxyl groups is 2. The maximum Gasteiger partial charge on any atom is 0.0602 e. The summed E-state index contributed by atoms with van der Waals surface area (Å²) >= 11 is 0. The smallest absolute Gasteiger partial charge is 0.0602 e. The average Bonchev–Trinajstić information content (AvgIpc) is 3.06. The molecule has 0 aromatic carbocycles. The van der Waals surface area contributed by atoms with Gasteiger partial charge in [0.05, 0.1) is 12.2 Å². The first kappa shape index (κ1) is 31.9. The van der Waals surface area contributed by atoms with E-state index in [0.29, 0.717) is 23.7 Å². The maximum atomic E-state index is 12.1. The molecule has 0 spiro atoms.